The molecule has 3 fully saturated rings. The van der Waals surface area contributed by atoms with Crippen LogP contribution in [0, 0.1) is 0 Å². The molecule has 4 rings (SSSR count). The number of nitrogens with one attached hydrogen (secondary N) is 1. The summed E-state index contributed by atoms with van der Waals surface area (Å²) < 4.78 is 27.8. The van der Waals surface area contributed by atoms with E-state index in [1.54, 1.807) is 4.90 Å². The first-order valence-corrected chi connectivity index (χ1v) is 12.8. The highest BCUT2D eigenvalue weighted by Gasteiger charge is 2.31. The van der Waals surface area contributed by atoms with Crippen molar-refractivity contribution in [3.8, 4) is 0 Å². The Labute approximate surface area is 188 Å². The van der Waals surface area contributed by atoms with Crippen molar-refractivity contribution < 1.29 is 13.2 Å². The van der Waals surface area contributed by atoms with Crippen LogP contribution in [-0.4, -0.2) is 87.4 Å². The lowest BCUT2D eigenvalue weighted by atomic mass is 10.1. The van der Waals surface area contributed by atoms with Crippen LogP contribution >= 0.6 is 23.2 Å². The van der Waals surface area contributed by atoms with Gasteiger partial charge in [-0.2, -0.15) is 0 Å². The van der Waals surface area contributed by atoms with Crippen molar-refractivity contribution in [1.29, 1.82) is 0 Å². The van der Waals surface area contributed by atoms with Gasteiger partial charge in [-0.15, -0.1) is 0 Å². The van der Waals surface area contributed by atoms with Crippen LogP contribution in [0.3, 0.4) is 0 Å². The third kappa shape index (κ3) is 5.29. The third-order valence-corrected chi connectivity index (χ3v) is 8.33. The molecular weight excluding hydrogens is 447 g/mol. The number of carbonyl (C=O) groups excluding carboxylic acids is 1. The molecule has 1 aromatic rings. The average Bonchev–Trinajstić information content (AvgIpc) is 3.35. The molecule has 0 atom stereocenters. The number of hydrogen-bond donors (Lipinski definition) is 1. The Morgan fingerprint density at radius 3 is 2.13 bits per heavy atom. The predicted octanol–water partition coefficient (Wildman–Crippen LogP) is 2.29. The highest BCUT2D eigenvalue weighted by atomic mass is 35.5. The number of rotatable bonds is 7. The standard InChI is InChI=1S/C20H28Cl2N4O3S/c21-17-14-18(22)19(30(28,29)23-15-3-4-15)13-16(17)20(27)26-11-9-25(10-12-26)8-7-24-5-1-2-6-24/h13-15,23H,1-12H2. The maximum Gasteiger partial charge on any atom is 0.255 e. The highest BCUT2D eigenvalue weighted by Crippen LogP contribution is 2.31. The van der Waals surface area contributed by atoms with Gasteiger partial charge in [0.05, 0.1) is 15.6 Å². The zero-order chi connectivity index (χ0) is 21.3. The molecule has 1 aromatic carbocycles. The van der Waals surface area contributed by atoms with Crippen LogP contribution < -0.4 is 4.72 Å². The van der Waals surface area contributed by atoms with Gasteiger partial charge in [-0.05, 0) is 50.9 Å². The summed E-state index contributed by atoms with van der Waals surface area (Å²) in [5.74, 6) is -0.251. The molecule has 1 amide bonds. The van der Waals surface area contributed by atoms with Gasteiger partial charge in [-0.1, -0.05) is 23.2 Å². The Hall–Kier alpha value is -0.900. The smallest absolute Gasteiger partial charge is 0.255 e. The molecule has 2 saturated heterocycles. The fourth-order valence-corrected chi connectivity index (χ4v) is 6.18. The summed E-state index contributed by atoms with van der Waals surface area (Å²) in [6.45, 7) is 7.27. The van der Waals surface area contributed by atoms with Gasteiger partial charge in [0.2, 0.25) is 10.0 Å². The zero-order valence-corrected chi connectivity index (χ0v) is 19.3. The molecule has 1 saturated carbocycles. The summed E-state index contributed by atoms with van der Waals surface area (Å²) in [5, 5.41) is 0.197. The molecule has 166 valence electrons. The highest BCUT2D eigenvalue weighted by molar-refractivity contribution is 7.89. The van der Waals surface area contributed by atoms with E-state index in [4.69, 9.17) is 23.2 Å². The molecule has 30 heavy (non-hydrogen) atoms. The van der Waals surface area contributed by atoms with Crippen LogP contribution in [0.25, 0.3) is 0 Å². The fourth-order valence-electron chi connectivity index (χ4n) is 4.02. The van der Waals surface area contributed by atoms with E-state index < -0.39 is 10.0 Å². The largest absolute Gasteiger partial charge is 0.336 e. The fraction of sp³-hybridized carbons (Fsp3) is 0.650. The quantitative estimate of drug-likeness (QED) is 0.655. The average molecular weight is 475 g/mol. The number of hydrogen-bond acceptors (Lipinski definition) is 5. The Morgan fingerprint density at radius 2 is 1.53 bits per heavy atom. The number of amides is 1. The Morgan fingerprint density at radius 1 is 0.933 bits per heavy atom. The topological polar surface area (TPSA) is 73.0 Å². The van der Waals surface area contributed by atoms with Crippen molar-refractivity contribution in [3.63, 3.8) is 0 Å². The van der Waals surface area contributed by atoms with Crippen LogP contribution in [-0.2, 0) is 10.0 Å². The van der Waals surface area contributed by atoms with Gasteiger partial charge in [0.15, 0.2) is 0 Å². The number of likely N-dealkylation sites (tertiary alicyclic amines) is 1. The Bertz CT molecular complexity index is 894. The number of sulfonamides is 1. The van der Waals surface area contributed by atoms with Crippen LogP contribution in [0.15, 0.2) is 17.0 Å². The molecule has 7 nitrogen and oxygen atoms in total. The van der Waals surface area contributed by atoms with Gasteiger partial charge in [0.25, 0.3) is 5.91 Å². The van der Waals surface area contributed by atoms with Crippen molar-refractivity contribution >= 4 is 39.1 Å². The molecule has 2 aliphatic heterocycles. The van der Waals surface area contributed by atoms with Crippen molar-refractivity contribution in [1.82, 2.24) is 19.4 Å². The van der Waals surface area contributed by atoms with Crippen molar-refractivity contribution in [3.05, 3.63) is 27.7 Å². The summed E-state index contributed by atoms with van der Waals surface area (Å²) in [7, 11) is -3.78. The first kappa shape index (κ1) is 22.3. The SMILES string of the molecule is O=C(c1cc(S(=O)(=O)NC2CC2)c(Cl)cc1Cl)N1CCN(CCN2CCCC2)CC1. The molecule has 0 bridgehead atoms. The second-order valence-electron chi connectivity index (χ2n) is 8.34. The van der Waals surface area contributed by atoms with Crippen molar-refractivity contribution in [2.75, 3.05) is 52.4 Å². The second-order valence-corrected chi connectivity index (χ2v) is 10.8. The molecule has 1 aliphatic carbocycles. The molecule has 0 aromatic heterocycles. The normalized spacial score (nSPS) is 21.3. The van der Waals surface area contributed by atoms with E-state index in [9.17, 15) is 13.2 Å². The van der Waals surface area contributed by atoms with Crippen LogP contribution in [0.1, 0.15) is 36.0 Å². The third-order valence-electron chi connectivity index (χ3n) is 6.03. The monoisotopic (exact) mass is 474 g/mol. The first-order valence-electron chi connectivity index (χ1n) is 10.6. The first-order chi connectivity index (χ1) is 14.3. The maximum atomic E-state index is 13.1. The molecule has 0 radical (unpaired) electrons. The maximum absolute atomic E-state index is 13.1. The van der Waals surface area contributed by atoms with Crippen LogP contribution in [0.4, 0.5) is 0 Å². The van der Waals surface area contributed by atoms with Crippen molar-refractivity contribution in [2.24, 2.45) is 0 Å². The minimum atomic E-state index is -3.78. The van der Waals surface area contributed by atoms with Gasteiger partial charge in [0.1, 0.15) is 4.90 Å². The Balaban J connectivity index is 1.40. The lowest BCUT2D eigenvalue weighted by molar-refractivity contribution is 0.0626. The Kier molecular flexibility index (Phi) is 6.91. The summed E-state index contributed by atoms with van der Waals surface area (Å²) in [6.07, 6.45) is 4.21. The summed E-state index contributed by atoms with van der Waals surface area (Å²) in [6, 6.07) is 2.62. The van der Waals surface area contributed by atoms with Crippen molar-refractivity contribution in [2.45, 2.75) is 36.6 Å². The van der Waals surface area contributed by atoms with Gasteiger partial charge in [0, 0.05) is 45.3 Å². The van der Waals surface area contributed by atoms with E-state index in [0.717, 1.165) is 39.0 Å². The van der Waals surface area contributed by atoms with Crippen LogP contribution in [0.5, 0.6) is 0 Å². The van der Waals surface area contributed by atoms with E-state index in [1.165, 1.54) is 38.1 Å². The lowest BCUT2D eigenvalue weighted by Gasteiger charge is -2.35. The zero-order valence-electron chi connectivity index (χ0n) is 16.9. The lowest BCUT2D eigenvalue weighted by Crippen LogP contribution is -2.50. The van der Waals surface area contributed by atoms with Gasteiger partial charge < -0.3 is 9.80 Å². The number of nitrogens with zero attached hydrogens (tertiary/aromatic N) is 3. The molecule has 0 spiro atoms. The number of piperazine rings is 1. The van der Waals surface area contributed by atoms with Gasteiger partial charge in [-0.25, -0.2) is 13.1 Å². The predicted molar refractivity (Wildman–Crippen MR) is 118 cm³/mol. The number of benzene rings is 1. The van der Waals surface area contributed by atoms with E-state index in [0.29, 0.717) is 13.1 Å². The van der Waals surface area contributed by atoms with E-state index in [2.05, 4.69) is 14.5 Å². The molecular formula is C20H28Cl2N4O3S. The minimum absolute atomic E-state index is 0.0245. The molecule has 10 heteroatoms. The molecule has 3 aliphatic rings. The van der Waals surface area contributed by atoms with Crippen LogP contribution in [0.2, 0.25) is 10.0 Å². The number of carbonyl (C=O) groups is 1. The second kappa shape index (κ2) is 9.30. The minimum Gasteiger partial charge on any atom is -0.336 e. The molecule has 1 N–H and O–H groups in total. The van der Waals surface area contributed by atoms with E-state index >= 15 is 0 Å². The molecule has 2 heterocycles. The van der Waals surface area contributed by atoms with E-state index in [1.807, 2.05) is 0 Å². The summed E-state index contributed by atoms with van der Waals surface area (Å²) in [5.41, 5.74) is 0.183. The van der Waals surface area contributed by atoms with Gasteiger partial charge in [-0.3, -0.25) is 9.69 Å². The molecule has 0 unspecified atom stereocenters. The summed E-state index contributed by atoms with van der Waals surface area (Å²) in [4.78, 5) is 19.6. The number of halogens is 2. The van der Waals surface area contributed by atoms with Gasteiger partial charge >= 0.3 is 0 Å². The summed E-state index contributed by atoms with van der Waals surface area (Å²) >= 11 is 12.4. The van der Waals surface area contributed by atoms with E-state index in [-0.39, 0.29) is 32.5 Å².